The van der Waals surface area contributed by atoms with Gasteiger partial charge < -0.3 is 10.3 Å². The van der Waals surface area contributed by atoms with E-state index in [4.69, 9.17) is 0 Å². The first-order chi connectivity index (χ1) is 13.1. The summed E-state index contributed by atoms with van der Waals surface area (Å²) in [5.74, 6) is -0.114. The summed E-state index contributed by atoms with van der Waals surface area (Å²) in [6, 6.07) is 15.3. The Bertz CT molecular complexity index is 1260. The number of thiazole rings is 2. The summed E-state index contributed by atoms with van der Waals surface area (Å²) in [5, 5.41) is 3.58. The Hall–Kier alpha value is -3.03. The van der Waals surface area contributed by atoms with Crippen molar-refractivity contribution in [3.8, 4) is 0 Å². The van der Waals surface area contributed by atoms with Crippen LogP contribution < -0.4 is 20.1 Å². The molecule has 0 bridgehead atoms. The van der Waals surface area contributed by atoms with Gasteiger partial charge in [-0.05, 0) is 35.9 Å². The number of nitrogens with one attached hydrogen (secondary N) is 2. The first-order valence-corrected chi connectivity index (χ1v) is 9.86. The molecule has 0 spiro atoms. The van der Waals surface area contributed by atoms with E-state index in [0.29, 0.717) is 4.53 Å². The van der Waals surface area contributed by atoms with Crippen molar-refractivity contribution in [2.75, 3.05) is 5.32 Å². The molecule has 2 heterocycles. The molecule has 0 radical (unpaired) electrons. The second-order valence-corrected chi connectivity index (χ2v) is 8.04. The van der Waals surface area contributed by atoms with E-state index >= 15 is 0 Å². The summed E-state index contributed by atoms with van der Waals surface area (Å²) in [4.78, 5) is 30.8. The van der Waals surface area contributed by atoms with Crippen LogP contribution in [0.1, 0.15) is 17.5 Å². The van der Waals surface area contributed by atoms with Crippen molar-refractivity contribution >= 4 is 56.6 Å². The van der Waals surface area contributed by atoms with Crippen molar-refractivity contribution in [3.63, 3.8) is 0 Å². The molecule has 0 aliphatic carbocycles. The largest absolute Gasteiger partial charge is 0.326 e. The standard InChI is InChI=1S/C20H15N3O2S2/c1-12(24)21-14-8-6-13(7-9-14)10-17-20(25)23-19(27-17)11-18-22-15-4-2-3-5-16(15)26-18/h2-11H,1H3,(H,21,24)(H,23,25)/b17-10-,19-11+. The zero-order valence-electron chi connectivity index (χ0n) is 14.4. The lowest BCUT2D eigenvalue weighted by Gasteiger charge is -2.01. The molecule has 2 N–H and O–H groups in total. The van der Waals surface area contributed by atoms with E-state index in [-0.39, 0.29) is 11.5 Å². The van der Waals surface area contributed by atoms with Crippen LogP contribution in [0.5, 0.6) is 0 Å². The number of hydrogen-bond acceptors (Lipinski definition) is 5. The van der Waals surface area contributed by atoms with Crippen molar-refractivity contribution in [2.45, 2.75) is 6.92 Å². The number of rotatable bonds is 3. The number of anilines is 1. The average molecular weight is 393 g/mol. The molecule has 2 aromatic carbocycles. The molecular weight excluding hydrogens is 378 g/mol. The van der Waals surface area contributed by atoms with E-state index in [1.165, 1.54) is 18.3 Å². The predicted octanol–water partition coefficient (Wildman–Crippen LogP) is 2.66. The zero-order chi connectivity index (χ0) is 18.8. The lowest BCUT2D eigenvalue weighted by Crippen LogP contribution is -2.19. The fraction of sp³-hybridized carbons (Fsp3) is 0.0500. The fourth-order valence-electron chi connectivity index (χ4n) is 2.61. The summed E-state index contributed by atoms with van der Waals surface area (Å²) < 4.78 is 2.50. The molecule has 0 atom stereocenters. The molecule has 27 heavy (non-hydrogen) atoms. The number of para-hydroxylation sites is 1. The Morgan fingerprint density at radius 3 is 2.59 bits per heavy atom. The molecule has 0 aliphatic heterocycles. The Morgan fingerprint density at radius 1 is 1.07 bits per heavy atom. The SMILES string of the molecule is CC(=O)Nc1ccc(/C=c2\s/c(=C/c3nc4ccccc4s3)[nH]c2=O)cc1. The fourth-order valence-corrected chi connectivity index (χ4v) is 4.48. The van der Waals surface area contributed by atoms with Gasteiger partial charge in [0.2, 0.25) is 5.91 Å². The summed E-state index contributed by atoms with van der Waals surface area (Å²) in [5.41, 5.74) is 2.45. The third kappa shape index (κ3) is 4.05. The number of aromatic nitrogens is 2. The van der Waals surface area contributed by atoms with Crippen molar-refractivity contribution in [3.05, 3.63) is 78.7 Å². The molecule has 2 aromatic heterocycles. The molecule has 5 nitrogen and oxygen atoms in total. The predicted molar refractivity (Wildman–Crippen MR) is 112 cm³/mol. The van der Waals surface area contributed by atoms with E-state index in [1.807, 2.05) is 60.7 Å². The number of carbonyl (C=O) groups excluding carboxylic acids is 1. The topological polar surface area (TPSA) is 74.8 Å². The molecule has 134 valence electrons. The summed E-state index contributed by atoms with van der Waals surface area (Å²) >= 11 is 2.98. The minimum absolute atomic E-state index is 0.114. The van der Waals surface area contributed by atoms with Gasteiger partial charge in [-0.2, -0.15) is 0 Å². The molecular formula is C20H15N3O2S2. The van der Waals surface area contributed by atoms with E-state index < -0.39 is 0 Å². The normalized spacial score (nSPS) is 12.6. The molecule has 0 fully saturated rings. The molecule has 0 aliphatic rings. The van der Waals surface area contributed by atoms with Crippen LogP contribution in [-0.4, -0.2) is 15.9 Å². The van der Waals surface area contributed by atoms with Gasteiger partial charge in [-0.25, -0.2) is 4.98 Å². The Kier molecular flexibility index (Phi) is 4.70. The second kappa shape index (κ2) is 7.30. The van der Waals surface area contributed by atoms with Crippen LogP contribution >= 0.6 is 22.7 Å². The number of hydrogen-bond donors (Lipinski definition) is 2. The maximum Gasteiger partial charge on any atom is 0.266 e. The number of fused-ring (bicyclic) bond motifs is 1. The quantitative estimate of drug-likeness (QED) is 0.562. The maximum atomic E-state index is 12.2. The summed E-state index contributed by atoms with van der Waals surface area (Å²) in [6.45, 7) is 1.47. The van der Waals surface area contributed by atoms with Gasteiger partial charge in [-0.3, -0.25) is 9.59 Å². The third-order valence-electron chi connectivity index (χ3n) is 3.77. The molecule has 0 saturated heterocycles. The van der Waals surface area contributed by atoms with Crippen molar-refractivity contribution in [1.82, 2.24) is 9.97 Å². The average Bonchev–Trinajstić information content (AvgIpc) is 3.19. The van der Waals surface area contributed by atoms with Gasteiger partial charge in [0.05, 0.1) is 19.4 Å². The molecule has 4 aromatic rings. The first-order valence-electron chi connectivity index (χ1n) is 8.23. The van der Waals surface area contributed by atoms with Gasteiger partial charge in [-0.1, -0.05) is 24.3 Å². The number of H-pyrrole nitrogens is 1. The van der Waals surface area contributed by atoms with E-state index in [1.54, 1.807) is 11.3 Å². The lowest BCUT2D eigenvalue weighted by molar-refractivity contribution is -0.114. The van der Waals surface area contributed by atoms with Crippen molar-refractivity contribution < 1.29 is 4.79 Å². The van der Waals surface area contributed by atoms with E-state index in [2.05, 4.69) is 15.3 Å². The lowest BCUT2D eigenvalue weighted by atomic mass is 10.2. The summed E-state index contributed by atoms with van der Waals surface area (Å²) in [7, 11) is 0. The molecule has 1 amide bonds. The minimum Gasteiger partial charge on any atom is -0.326 e. The first kappa shape index (κ1) is 17.4. The van der Waals surface area contributed by atoms with Gasteiger partial charge in [0.1, 0.15) is 5.01 Å². The molecule has 0 saturated carbocycles. The second-order valence-electron chi connectivity index (χ2n) is 5.90. The van der Waals surface area contributed by atoms with Crippen LogP contribution in [0.25, 0.3) is 22.4 Å². The molecule has 0 unspecified atom stereocenters. The van der Waals surface area contributed by atoms with Crippen LogP contribution in [0.15, 0.2) is 53.3 Å². The highest BCUT2D eigenvalue weighted by molar-refractivity contribution is 7.19. The Labute approximate surface area is 162 Å². The van der Waals surface area contributed by atoms with Crippen LogP contribution in [0, 0.1) is 0 Å². The molecule has 7 heteroatoms. The highest BCUT2D eigenvalue weighted by Gasteiger charge is 2.02. The van der Waals surface area contributed by atoms with Crippen LogP contribution in [0.4, 0.5) is 5.69 Å². The minimum atomic E-state index is -0.127. The van der Waals surface area contributed by atoms with Crippen LogP contribution in [0.2, 0.25) is 0 Å². The monoisotopic (exact) mass is 393 g/mol. The Morgan fingerprint density at radius 2 is 1.85 bits per heavy atom. The number of carbonyl (C=O) groups is 1. The van der Waals surface area contributed by atoms with Gasteiger partial charge in [0.25, 0.3) is 5.56 Å². The van der Waals surface area contributed by atoms with E-state index in [9.17, 15) is 9.59 Å². The highest BCUT2D eigenvalue weighted by Crippen LogP contribution is 2.21. The zero-order valence-corrected chi connectivity index (χ0v) is 16.0. The van der Waals surface area contributed by atoms with Crippen LogP contribution in [0.3, 0.4) is 0 Å². The summed E-state index contributed by atoms with van der Waals surface area (Å²) in [6.07, 6.45) is 3.73. The number of benzene rings is 2. The van der Waals surface area contributed by atoms with Gasteiger partial charge in [0, 0.05) is 18.7 Å². The van der Waals surface area contributed by atoms with Gasteiger partial charge in [-0.15, -0.1) is 22.7 Å². The highest BCUT2D eigenvalue weighted by atomic mass is 32.1. The van der Waals surface area contributed by atoms with E-state index in [0.717, 1.165) is 31.1 Å². The van der Waals surface area contributed by atoms with Crippen molar-refractivity contribution in [1.29, 1.82) is 0 Å². The number of amides is 1. The number of aromatic amines is 1. The van der Waals surface area contributed by atoms with Crippen molar-refractivity contribution in [2.24, 2.45) is 0 Å². The maximum absolute atomic E-state index is 12.2. The number of nitrogens with zero attached hydrogens (tertiary/aromatic N) is 1. The van der Waals surface area contributed by atoms with Crippen LogP contribution in [-0.2, 0) is 4.79 Å². The smallest absolute Gasteiger partial charge is 0.266 e. The molecule has 4 rings (SSSR count). The van der Waals surface area contributed by atoms with Gasteiger partial charge >= 0.3 is 0 Å². The third-order valence-corrected chi connectivity index (χ3v) is 5.72. The van der Waals surface area contributed by atoms with Gasteiger partial charge in [0.15, 0.2) is 0 Å². The Balaban J connectivity index is 1.67.